The smallest absolute Gasteiger partial charge is 0.146 e. The molecule has 3 heteroatoms. The lowest BCUT2D eigenvalue weighted by Crippen LogP contribution is -2.35. The fourth-order valence-corrected chi connectivity index (χ4v) is 3.29. The second kappa shape index (κ2) is 6.13. The summed E-state index contributed by atoms with van der Waals surface area (Å²) in [6, 6.07) is 6.64. The van der Waals surface area contributed by atoms with E-state index >= 15 is 0 Å². The molecule has 0 aromatic heterocycles. The van der Waals surface area contributed by atoms with E-state index in [0.29, 0.717) is 12.1 Å². The van der Waals surface area contributed by atoms with Gasteiger partial charge in [-0.3, -0.25) is 0 Å². The summed E-state index contributed by atoms with van der Waals surface area (Å²) in [6.45, 7) is 0.787. The number of nitrogens with zero attached hydrogens (tertiary/aromatic N) is 1. The minimum absolute atomic E-state index is 0.0758. The van der Waals surface area contributed by atoms with Crippen LogP contribution >= 0.6 is 0 Å². The first-order chi connectivity index (χ1) is 9.75. The first kappa shape index (κ1) is 13.9. The highest BCUT2D eigenvalue weighted by atomic mass is 19.1. The molecule has 3 rings (SSSR count). The Morgan fingerprint density at radius 1 is 1.15 bits per heavy atom. The maximum Gasteiger partial charge on any atom is 0.146 e. The number of benzene rings is 1. The maximum absolute atomic E-state index is 14.3. The summed E-state index contributed by atoms with van der Waals surface area (Å²) in [4.78, 5) is 2.19. The Balaban J connectivity index is 1.77. The van der Waals surface area contributed by atoms with Gasteiger partial charge in [-0.2, -0.15) is 0 Å². The van der Waals surface area contributed by atoms with E-state index in [1.807, 2.05) is 6.07 Å². The number of hydrogen-bond donors (Lipinski definition) is 1. The molecule has 1 N–H and O–H groups in total. The zero-order chi connectivity index (χ0) is 13.9. The van der Waals surface area contributed by atoms with Gasteiger partial charge in [-0.25, -0.2) is 4.39 Å². The molecule has 0 amide bonds. The SMILES string of the molecule is CN(c1c(F)cccc1CNC1CC1)C1CCCCC1. The van der Waals surface area contributed by atoms with Crippen LogP contribution in [0.2, 0.25) is 0 Å². The van der Waals surface area contributed by atoms with Crippen LogP contribution in [0.15, 0.2) is 18.2 Å². The Labute approximate surface area is 121 Å². The van der Waals surface area contributed by atoms with E-state index < -0.39 is 0 Å². The molecule has 0 heterocycles. The fourth-order valence-electron chi connectivity index (χ4n) is 3.29. The largest absolute Gasteiger partial charge is 0.369 e. The molecule has 0 atom stereocenters. The zero-order valence-corrected chi connectivity index (χ0v) is 12.4. The Kier molecular flexibility index (Phi) is 4.25. The van der Waals surface area contributed by atoms with Gasteiger partial charge in [0.15, 0.2) is 0 Å². The van der Waals surface area contributed by atoms with E-state index in [4.69, 9.17) is 0 Å². The lowest BCUT2D eigenvalue weighted by molar-refractivity contribution is 0.423. The van der Waals surface area contributed by atoms with Gasteiger partial charge in [0.1, 0.15) is 5.82 Å². The van der Waals surface area contributed by atoms with E-state index in [1.165, 1.54) is 44.9 Å². The van der Waals surface area contributed by atoms with Crippen LogP contribution in [0.4, 0.5) is 10.1 Å². The fraction of sp³-hybridized carbons (Fsp3) is 0.647. The summed E-state index contributed by atoms with van der Waals surface area (Å²) in [5.74, 6) is -0.0758. The molecule has 0 spiro atoms. The number of para-hydroxylation sites is 1. The van der Waals surface area contributed by atoms with E-state index in [-0.39, 0.29) is 5.82 Å². The molecule has 0 bridgehead atoms. The molecule has 2 aliphatic rings. The van der Waals surface area contributed by atoms with Gasteiger partial charge < -0.3 is 10.2 Å². The van der Waals surface area contributed by atoms with Gasteiger partial charge >= 0.3 is 0 Å². The van der Waals surface area contributed by atoms with Gasteiger partial charge in [0.2, 0.25) is 0 Å². The molecule has 2 saturated carbocycles. The second-order valence-electron chi connectivity index (χ2n) is 6.31. The van der Waals surface area contributed by atoms with E-state index in [2.05, 4.69) is 23.3 Å². The Morgan fingerprint density at radius 2 is 1.90 bits per heavy atom. The Bertz CT molecular complexity index is 450. The van der Waals surface area contributed by atoms with Crippen LogP contribution in [0.5, 0.6) is 0 Å². The van der Waals surface area contributed by atoms with E-state index in [9.17, 15) is 4.39 Å². The van der Waals surface area contributed by atoms with Crippen LogP contribution in [0.3, 0.4) is 0 Å². The molecule has 0 radical (unpaired) electrons. The predicted octanol–water partition coefficient (Wildman–Crippen LogP) is 3.85. The summed E-state index contributed by atoms with van der Waals surface area (Å²) >= 11 is 0. The van der Waals surface area contributed by atoms with Crippen LogP contribution in [0, 0.1) is 5.82 Å². The normalized spacial score (nSPS) is 20.1. The van der Waals surface area contributed by atoms with Crippen molar-refractivity contribution in [2.24, 2.45) is 0 Å². The van der Waals surface area contributed by atoms with Gasteiger partial charge in [0.05, 0.1) is 5.69 Å². The van der Waals surface area contributed by atoms with E-state index in [0.717, 1.165) is 17.8 Å². The molecule has 0 saturated heterocycles. The first-order valence-corrected chi connectivity index (χ1v) is 7.99. The minimum atomic E-state index is -0.0758. The molecule has 20 heavy (non-hydrogen) atoms. The highest BCUT2D eigenvalue weighted by molar-refractivity contribution is 5.55. The molecule has 0 aliphatic heterocycles. The van der Waals surface area contributed by atoms with Crippen molar-refractivity contribution in [3.05, 3.63) is 29.6 Å². The molecular weight excluding hydrogens is 251 g/mol. The van der Waals surface area contributed by atoms with Crippen molar-refractivity contribution in [3.8, 4) is 0 Å². The van der Waals surface area contributed by atoms with Gasteiger partial charge in [-0.05, 0) is 37.3 Å². The number of halogens is 1. The monoisotopic (exact) mass is 276 g/mol. The van der Waals surface area contributed by atoms with Gasteiger partial charge in [-0.1, -0.05) is 31.4 Å². The quantitative estimate of drug-likeness (QED) is 0.879. The number of nitrogens with one attached hydrogen (secondary N) is 1. The maximum atomic E-state index is 14.3. The molecule has 1 aromatic carbocycles. The third-order valence-electron chi connectivity index (χ3n) is 4.70. The van der Waals surface area contributed by atoms with Crippen LogP contribution < -0.4 is 10.2 Å². The van der Waals surface area contributed by atoms with Crippen LogP contribution in [0.1, 0.15) is 50.5 Å². The number of rotatable bonds is 5. The summed E-state index contributed by atoms with van der Waals surface area (Å²) in [5.41, 5.74) is 1.91. The highest BCUT2D eigenvalue weighted by Gasteiger charge is 2.24. The summed E-state index contributed by atoms with van der Waals surface area (Å²) < 4.78 is 14.3. The highest BCUT2D eigenvalue weighted by Crippen LogP contribution is 2.31. The third-order valence-corrected chi connectivity index (χ3v) is 4.70. The third kappa shape index (κ3) is 3.14. The molecular formula is C17H25FN2. The molecule has 2 fully saturated rings. The van der Waals surface area contributed by atoms with Gasteiger partial charge in [0.25, 0.3) is 0 Å². The van der Waals surface area contributed by atoms with Crippen molar-refractivity contribution in [2.45, 2.75) is 63.6 Å². The topological polar surface area (TPSA) is 15.3 Å². The van der Waals surface area contributed by atoms with Crippen molar-refractivity contribution in [1.29, 1.82) is 0 Å². The van der Waals surface area contributed by atoms with Crippen LogP contribution in [0.25, 0.3) is 0 Å². The Hall–Kier alpha value is -1.09. The van der Waals surface area contributed by atoms with Crippen molar-refractivity contribution in [3.63, 3.8) is 0 Å². The molecule has 2 nitrogen and oxygen atoms in total. The van der Waals surface area contributed by atoms with Crippen LogP contribution in [-0.4, -0.2) is 19.1 Å². The zero-order valence-electron chi connectivity index (χ0n) is 12.4. The van der Waals surface area contributed by atoms with Crippen molar-refractivity contribution < 1.29 is 4.39 Å². The lowest BCUT2D eigenvalue weighted by atomic mass is 9.93. The average molecular weight is 276 g/mol. The van der Waals surface area contributed by atoms with Gasteiger partial charge in [0, 0.05) is 25.7 Å². The standard InChI is InChI=1S/C17H25FN2/c1-20(15-7-3-2-4-8-15)17-13(6-5-9-16(17)18)12-19-14-10-11-14/h5-6,9,14-15,19H,2-4,7-8,10-12H2,1H3. The first-order valence-electron chi connectivity index (χ1n) is 7.99. The molecule has 2 aliphatic carbocycles. The Morgan fingerprint density at radius 3 is 2.60 bits per heavy atom. The number of anilines is 1. The van der Waals surface area contributed by atoms with Crippen LogP contribution in [-0.2, 0) is 6.54 Å². The van der Waals surface area contributed by atoms with Crippen molar-refractivity contribution >= 4 is 5.69 Å². The molecule has 1 aromatic rings. The predicted molar refractivity (Wildman–Crippen MR) is 81.5 cm³/mol. The van der Waals surface area contributed by atoms with Crippen molar-refractivity contribution in [1.82, 2.24) is 5.32 Å². The van der Waals surface area contributed by atoms with Crippen molar-refractivity contribution in [2.75, 3.05) is 11.9 Å². The minimum Gasteiger partial charge on any atom is -0.369 e. The summed E-state index contributed by atoms with van der Waals surface area (Å²) in [6.07, 6.45) is 8.81. The average Bonchev–Trinajstić information content (AvgIpc) is 3.30. The van der Waals surface area contributed by atoms with E-state index in [1.54, 1.807) is 6.07 Å². The lowest BCUT2D eigenvalue weighted by Gasteiger charge is -2.34. The summed E-state index contributed by atoms with van der Waals surface area (Å²) in [5, 5.41) is 3.50. The van der Waals surface area contributed by atoms with Gasteiger partial charge in [-0.15, -0.1) is 0 Å². The molecule has 0 unspecified atom stereocenters. The molecule has 110 valence electrons. The summed E-state index contributed by atoms with van der Waals surface area (Å²) in [7, 11) is 2.06. The number of hydrogen-bond acceptors (Lipinski definition) is 2. The second-order valence-corrected chi connectivity index (χ2v) is 6.31.